The molecule has 0 bridgehead atoms. The highest BCUT2D eigenvalue weighted by Crippen LogP contribution is 2.02. The lowest BCUT2D eigenvalue weighted by Gasteiger charge is -2.04. The molecule has 0 saturated carbocycles. The highest BCUT2D eigenvalue weighted by atomic mass is 35.5. The Morgan fingerprint density at radius 2 is 1.94 bits per heavy atom. The van der Waals surface area contributed by atoms with E-state index < -0.39 is 0 Å². The van der Waals surface area contributed by atoms with Crippen molar-refractivity contribution in [1.82, 2.24) is 14.5 Å². The zero-order chi connectivity index (χ0) is 10.7. The van der Waals surface area contributed by atoms with Crippen LogP contribution in [-0.2, 0) is 0 Å². The molecule has 0 saturated heterocycles. The normalized spacial score (nSPS) is 9.31. The molecule has 6 heteroatoms. The second-order valence-electron chi connectivity index (χ2n) is 2.92. The molecule has 0 amide bonds. The first-order valence-corrected chi connectivity index (χ1v) is 4.50. The number of aromatic nitrogens is 3. The topological polar surface area (TPSA) is 59.8 Å². The maximum absolute atomic E-state index is 11.6. The van der Waals surface area contributed by atoms with Crippen molar-refractivity contribution in [3.63, 3.8) is 0 Å². The van der Waals surface area contributed by atoms with Crippen LogP contribution in [0.2, 0.25) is 0 Å². The summed E-state index contributed by atoms with van der Waals surface area (Å²) in [6.07, 6.45) is 1.45. The van der Waals surface area contributed by atoms with Crippen LogP contribution in [0.25, 0.3) is 5.69 Å². The first-order valence-electron chi connectivity index (χ1n) is 4.50. The number of hydrogen-bond donors (Lipinski definition) is 1. The summed E-state index contributed by atoms with van der Waals surface area (Å²) in [5.74, 6) is 0.326. The summed E-state index contributed by atoms with van der Waals surface area (Å²) in [4.78, 5) is 19.3. The Labute approximate surface area is 98.6 Å². The van der Waals surface area contributed by atoms with Crippen LogP contribution < -0.4 is 11.0 Å². The maximum Gasteiger partial charge on any atom is 0.356 e. The predicted molar refractivity (Wildman–Crippen MR) is 64.4 cm³/mol. The van der Waals surface area contributed by atoms with Crippen molar-refractivity contribution in [3.05, 3.63) is 47.1 Å². The van der Waals surface area contributed by atoms with Crippen LogP contribution in [0.1, 0.15) is 0 Å². The van der Waals surface area contributed by atoms with E-state index in [0.29, 0.717) is 5.95 Å². The minimum absolute atomic E-state index is 0. The number of para-hydroxylation sites is 1. The summed E-state index contributed by atoms with van der Waals surface area (Å²) in [6, 6.07) is 9.24. The summed E-state index contributed by atoms with van der Waals surface area (Å²) >= 11 is 0. The predicted octanol–water partition coefficient (Wildman–Crippen LogP) is 1.09. The minimum atomic E-state index is -0.347. The fourth-order valence-corrected chi connectivity index (χ4v) is 1.22. The van der Waals surface area contributed by atoms with E-state index in [0.717, 1.165) is 5.69 Å². The maximum atomic E-state index is 11.6. The largest absolute Gasteiger partial charge is 0.357 e. The Morgan fingerprint density at radius 3 is 2.50 bits per heavy atom. The summed E-state index contributed by atoms with van der Waals surface area (Å²) in [5.41, 5.74) is 0.408. The van der Waals surface area contributed by atoms with Crippen molar-refractivity contribution in [3.8, 4) is 5.69 Å². The van der Waals surface area contributed by atoms with E-state index in [2.05, 4.69) is 15.3 Å². The van der Waals surface area contributed by atoms with E-state index in [-0.39, 0.29) is 18.1 Å². The van der Waals surface area contributed by atoms with Crippen LogP contribution in [0.3, 0.4) is 0 Å². The van der Waals surface area contributed by atoms with Crippen molar-refractivity contribution >= 4 is 18.4 Å². The van der Waals surface area contributed by atoms with Gasteiger partial charge in [0.15, 0.2) is 0 Å². The van der Waals surface area contributed by atoms with Crippen molar-refractivity contribution in [2.75, 3.05) is 12.4 Å². The lowest BCUT2D eigenvalue weighted by Crippen LogP contribution is -2.22. The van der Waals surface area contributed by atoms with E-state index in [9.17, 15) is 4.79 Å². The molecule has 0 aliphatic heterocycles. The lowest BCUT2D eigenvalue weighted by atomic mass is 10.3. The first-order chi connectivity index (χ1) is 7.31. The Balaban J connectivity index is 0.00000128. The molecule has 0 radical (unpaired) electrons. The summed E-state index contributed by atoms with van der Waals surface area (Å²) in [7, 11) is 1.67. The fraction of sp³-hybridized carbons (Fsp3) is 0.100. The Morgan fingerprint density at radius 1 is 1.25 bits per heavy atom. The smallest absolute Gasteiger partial charge is 0.356 e. The standard InChI is InChI=1S/C10H10N4O.ClH/c1-11-9-12-7-14(10(15)13-9)8-5-3-2-4-6-8;/h2-7H,1H3,(H,11,13,15);1H. The highest BCUT2D eigenvalue weighted by Gasteiger charge is 2.01. The second kappa shape index (κ2) is 5.27. The average molecular weight is 239 g/mol. The van der Waals surface area contributed by atoms with Gasteiger partial charge < -0.3 is 5.32 Å². The molecule has 2 rings (SSSR count). The molecule has 0 atom stereocenters. The van der Waals surface area contributed by atoms with Gasteiger partial charge in [0.25, 0.3) is 0 Å². The van der Waals surface area contributed by atoms with Crippen LogP contribution in [-0.4, -0.2) is 21.6 Å². The van der Waals surface area contributed by atoms with E-state index in [4.69, 9.17) is 0 Å². The molecule has 1 aromatic heterocycles. The van der Waals surface area contributed by atoms with Gasteiger partial charge in [0.05, 0.1) is 5.69 Å². The minimum Gasteiger partial charge on any atom is -0.357 e. The fourth-order valence-electron chi connectivity index (χ4n) is 1.22. The molecular formula is C10H11ClN4O. The van der Waals surface area contributed by atoms with Gasteiger partial charge in [-0.15, -0.1) is 12.4 Å². The molecule has 0 aliphatic carbocycles. The number of anilines is 1. The Bertz CT molecular complexity index is 512. The van der Waals surface area contributed by atoms with Gasteiger partial charge in [-0.05, 0) is 12.1 Å². The molecule has 1 heterocycles. The number of hydrogen-bond acceptors (Lipinski definition) is 4. The summed E-state index contributed by atoms with van der Waals surface area (Å²) in [6.45, 7) is 0. The summed E-state index contributed by atoms with van der Waals surface area (Å²) < 4.78 is 1.39. The first kappa shape index (κ1) is 12.2. The van der Waals surface area contributed by atoms with E-state index in [1.54, 1.807) is 7.05 Å². The molecule has 0 spiro atoms. The summed E-state index contributed by atoms with van der Waals surface area (Å²) in [5, 5.41) is 2.71. The van der Waals surface area contributed by atoms with Gasteiger partial charge in [-0.1, -0.05) is 18.2 Å². The monoisotopic (exact) mass is 238 g/mol. The van der Waals surface area contributed by atoms with Crippen LogP contribution in [0.5, 0.6) is 0 Å². The number of nitrogens with one attached hydrogen (secondary N) is 1. The van der Waals surface area contributed by atoms with Gasteiger partial charge in [-0.25, -0.2) is 9.78 Å². The SMILES string of the molecule is CNc1ncn(-c2ccccc2)c(=O)n1.Cl. The molecule has 2 aromatic rings. The molecular weight excluding hydrogens is 228 g/mol. The average Bonchev–Trinajstić information content (AvgIpc) is 2.30. The van der Waals surface area contributed by atoms with Crippen molar-refractivity contribution < 1.29 is 0 Å². The number of benzene rings is 1. The van der Waals surface area contributed by atoms with Gasteiger partial charge in [-0.3, -0.25) is 4.57 Å². The van der Waals surface area contributed by atoms with Crippen LogP contribution in [0.4, 0.5) is 5.95 Å². The second-order valence-corrected chi connectivity index (χ2v) is 2.92. The molecule has 1 aromatic carbocycles. The number of halogens is 1. The van der Waals surface area contributed by atoms with Gasteiger partial charge in [-0.2, -0.15) is 4.98 Å². The Hall–Kier alpha value is -1.88. The third kappa shape index (κ3) is 2.38. The van der Waals surface area contributed by atoms with Crippen LogP contribution in [0.15, 0.2) is 41.5 Å². The quantitative estimate of drug-likeness (QED) is 0.851. The molecule has 5 nitrogen and oxygen atoms in total. The third-order valence-corrected chi connectivity index (χ3v) is 1.96. The lowest BCUT2D eigenvalue weighted by molar-refractivity contribution is 0.862. The zero-order valence-corrected chi connectivity index (χ0v) is 9.44. The molecule has 84 valence electrons. The van der Waals surface area contributed by atoms with Crippen molar-refractivity contribution in [2.24, 2.45) is 0 Å². The molecule has 0 fully saturated rings. The Kier molecular flexibility index (Phi) is 4.02. The van der Waals surface area contributed by atoms with E-state index >= 15 is 0 Å². The van der Waals surface area contributed by atoms with Crippen LogP contribution >= 0.6 is 12.4 Å². The number of nitrogens with zero attached hydrogens (tertiary/aromatic N) is 3. The number of rotatable bonds is 2. The van der Waals surface area contributed by atoms with Gasteiger partial charge in [0.2, 0.25) is 5.95 Å². The van der Waals surface area contributed by atoms with Gasteiger partial charge in [0, 0.05) is 7.05 Å². The third-order valence-electron chi connectivity index (χ3n) is 1.96. The molecule has 1 N–H and O–H groups in total. The van der Waals surface area contributed by atoms with Crippen LogP contribution in [0, 0.1) is 0 Å². The van der Waals surface area contributed by atoms with Crippen molar-refractivity contribution in [2.45, 2.75) is 0 Å². The van der Waals surface area contributed by atoms with E-state index in [1.807, 2.05) is 30.3 Å². The zero-order valence-electron chi connectivity index (χ0n) is 8.62. The van der Waals surface area contributed by atoms with E-state index in [1.165, 1.54) is 10.9 Å². The van der Waals surface area contributed by atoms with Gasteiger partial charge >= 0.3 is 5.69 Å². The van der Waals surface area contributed by atoms with Crippen molar-refractivity contribution in [1.29, 1.82) is 0 Å². The molecule has 0 unspecified atom stereocenters. The van der Waals surface area contributed by atoms with Gasteiger partial charge in [0.1, 0.15) is 6.33 Å². The molecule has 16 heavy (non-hydrogen) atoms. The molecule has 0 aliphatic rings. The highest BCUT2D eigenvalue weighted by molar-refractivity contribution is 5.85.